The smallest absolute Gasteiger partial charge is 0.128 e. The zero-order chi connectivity index (χ0) is 13.8. The molecular weight excluding hydrogens is 254 g/mol. The molecule has 1 saturated heterocycles. The molecule has 0 aromatic heterocycles. The Morgan fingerprint density at radius 1 is 1.30 bits per heavy atom. The van der Waals surface area contributed by atoms with E-state index in [1.807, 2.05) is 6.07 Å². The molecule has 110 valence electrons. The Bertz CT molecular complexity index is 443. The minimum atomic E-state index is 0.275. The first-order valence-electron chi connectivity index (χ1n) is 7.61. The Labute approximate surface area is 120 Å². The van der Waals surface area contributed by atoms with E-state index < -0.39 is 0 Å². The van der Waals surface area contributed by atoms with E-state index in [0.29, 0.717) is 6.04 Å². The Morgan fingerprint density at radius 3 is 2.95 bits per heavy atom. The van der Waals surface area contributed by atoms with E-state index in [9.17, 15) is 0 Å². The standard InChI is InChI=1S/C16H23NO3/c1-2-7-17-15-11-19-16-10-13(3-4-14(15)16)20-12-5-8-18-9-6-12/h3-4,10,12,15,17H,2,5-9,11H2,1H3. The van der Waals surface area contributed by atoms with Crippen LogP contribution in [0.15, 0.2) is 18.2 Å². The zero-order valence-corrected chi connectivity index (χ0v) is 12.1. The molecule has 0 radical (unpaired) electrons. The first kappa shape index (κ1) is 13.7. The van der Waals surface area contributed by atoms with E-state index in [4.69, 9.17) is 14.2 Å². The molecule has 20 heavy (non-hydrogen) atoms. The maximum atomic E-state index is 6.02. The molecule has 1 aromatic rings. The number of fused-ring (bicyclic) bond motifs is 1. The third kappa shape index (κ3) is 3.07. The fraction of sp³-hybridized carbons (Fsp3) is 0.625. The highest BCUT2D eigenvalue weighted by Crippen LogP contribution is 2.35. The molecule has 1 fully saturated rings. The Kier molecular flexibility index (Phi) is 4.43. The van der Waals surface area contributed by atoms with Crippen LogP contribution in [0.2, 0.25) is 0 Å². The van der Waals surface area contributed by atoms with Crippen molar-refractivity contribution >= 4 is 0 Å². The highest BCUT2D eigenvalue weighted by molar-refractivity contribution is 5.45. The van der Waals surface area contributed by atoms with E-state index >= 15 is 0 Å². The third-order valence-electron chi connectivity index (χ3n) is 3.88. The first-order chi connectivity index (χ1) is 9.86. The molecule has 2 heterocycles. The van der Waals surface area contributed by atoms with Gasteiger partial charge >= 0.3 is 0 Å². The highest BCUT2D eigenvalue weighted by Gasteiger charge is 2.24. The fourth-order valence-electron chi connectivity index (χ4n) is 2.74. The molecule has 1 unspecified atom stereocenters. The normalized spacial score (nSPS) is 22.4. The van der Waals surface area contributed by atoms with Crippen molar-refractivity contribution in [1.29, 1.82) is 0 Å². The van der Waals surface area contributed by atoms with Crippen LogP contribution in [-0.4, -0.2) is 32.5 Å². The van der Waals surface area contributed by atoms with Gasteiger partial charge < -0.3 is 19.5 Å². The fourth-order valence-corrected chi connectivity index (χ4v) is 2.74. The van der Waals surface area contributed by atoms with Crippen molar-refractivity contribution in [2.24, 2.45) is 0 Å². The van der Waals surface area contributed by atoms with Crippen LogP contribution in [0.1, 0.15) is 37.8 Å². The minimum Gasteiger partial charge on any atom is -0.491 e. The van der Waals surface area contributed by atoms with Gasteiger partial charge in [0.05, 0.1) is 19.3 Å². The summed E-state index contributed by atoms with van der Waals surface area (Å²) >= 11 is 0. The summed E-state index contributed by atoms with van der Waals surface area (Å²) in [6, 6.07) is 6.54. The van der Waals surface area contributed by atoms with Gasteiger partial charge in [-0.3, -0.25) is 0 Å². The molecule has 3 rings (SSSR count). The lowest BCUT2D eigenvalue weighted by Gasteiger charge is -2.23. The quantitative estimate of drug-likeness (QED) is 0.898. The second-order valence-corrected chi connectivity index (χ2v) is 5.45. The molecule has 1 N–H and O–H groups in total. The third-order valence-corrected chi connectivity index (χ3v) is 3.88. The van der Waals surface area contributed by atoms with Crippen molar-refractivity contribution in [1.82, 2.24) is 5.32 Å². The van der Waals surface area contributed by atoms with E-state index in [0.717, 1.165) is 57.1 Å². The van der Waals surface area contributed by atoms with Gasteiger partial charge in [-0.05, 0) is 25.1 Å². The van der Waals surface area contributed by atoms with Crippen LogP contribution in [0, 0.1) is 0 Å². The lowest BCUT2D eigenvalue weighted by atomic mass is 10.1. The molecule has 0 aliphatic carbocycles. The van der Waals surface area contributed by atoms with Crippen molar-refractivity contribution in [3.8, 4) is 11.5 Å². The summed E-state index contributed by atoms with van der Waals surface area (Å²) in [5.41, 5.74) is 1.25. The number of nitrogens with one attached hydrogen (secondary N) is 1. The second-order valence-electron chi connectivity index (χ2n) is 5.45. The maximum Gasteiger partial charge on any atom is 0.128 e. The summed E-state index contributed by atoms with van der Waals surface area (Å²) in [5.74, 6) is 1.87. The van der Waals surface area contributed by atoms with E-state index in [1.165, 1.54) is 5.56 Å². The van der Waals surface area contributed by atoms with Crippen molar-refractivity contribution in [3.05, 3.63) is 23.8 Å². The lowest BCUT2D eigenvalue weighted by Crippen LogP contribution is -2.25. The van der Waals surface area contributed by atoms with Crippen LogP contribution < -0.4 is 14.8 Å². The summed E-state index contributed by atoms with van der Waals surface area (Å²) in [6.07, 6.45) is 3.35. The van der Waals surface area contributed by atoms with Crippen LogP contribution in [0.5, 0.6) is 11.5 Å². The van der Waals surface area contributed by atoms with Crippen LogP contribution >= 0.6 is 0 Å². The summed E-state index contributed by atoms with van der Waals surface area (Å²) in [4.78, 5) is 0. The monoisotopic (exact) mass is 277 g/mol. The summed E-state index contributed by atoms with van der Waals surface area (Å²) in [6.45, 7) is 5.52. The van der Waals surface area contributed by atoms with Gasteiger partial charge in [-0.2, -0.15) is 0 Å². The summed E-state index contributed by atoms with van der Waals surface area (Å²) < 4.78 is 17.1. The molecular formula is C16H23NO3. The Hall–Kier alpha value is -1.26. The number of hydrogen-bond donors (Lipinski definition) is 1. The highest BCUT2D eigenvalue weighted by atomic mass is 16.5. The number of ether oxygens (including phenoxy) is 3. The molecule has 1 aromatic carbocycles. The zero-order valence-electron chi connectivity index (χ0n) is 12.1. The van der Waals surface area contributed by atoms with Gasteiger partial charge in [0, 0.05) is 24.5 Å². The molecule has 1 atom stereocenters. The van der Waals surface area contributed by atoms with Crippen molar-refractivity contribution in [2.75, 3.05) is 26.4 Å². The van der Waals surface area contributed by atoms with Gasteiger partial charge in [0.1, 0.15) is 24.2 Å². The molecule has 0 spiro atoms. The van der Waals surface area contributed by atoms with Crippen LogP contribution in [0.25, 0.3) is 0 Å². The van der Waals surface area contributed by atoms with Crippen LogP contribution in [0.4, 0.5) is 0 Å². The van der Waals surface area contributed by atoms with Gasteiger partial charge in [-0.25, -0.2) is 0 Å². The molecule has 2 aliphatic rings. The van der Waals surface area contributed by atoms with E-state index in [2.05, 4.69) is 24.4 Å². The molecule has 4 nitrogen and oxygen atoms in total. The Morgan fingerprint density at radius 2 is 2.15 bits per heavy atom. The maximum absolute atomic E-state index is 6.02. The molecule has 0 bridgehead atoms. The molecule has 0 saturated carbocycles. The predicted octanol–water partition coefficient (Wildman–Crippen LogP) is 2.68. The number of benzene rings is 1. The van der Waals surface area contributed by atoms with Crippen molar-refractivity contribution in [2.45, 2.75) is 38.3 Å². The van der Waals surface area contributed by atoms with Crippen molar-refractivity contribution in [3.63, 3.8) is 0 Å². The largest absolute Gasteiger partial charge is 0.491 e. The average molecular weight is 277 g/mol. The number of hydrogen-bond acceptors (Lipinski definition) is 4. The van der Waals surface area contributed by atoms with Gasteiger partial charge in [0.15, 0.2) is 0 Å². The van der Waals surface area contributed by atoms with Crippen LogP contribution in [-0.2, 0) is 4.74 Å². The first-order valence-corrected chi connectivity index (χ1v) is 7.61. The topological polar surface area (TPSA) is 39.7 Å². The number of rotatable bonds is 5. The van der Waals surface area contributed by atoms with Gasteiger partial charge in [0.25, 0.3) is 0 Å². The lowest BCUT2D eigenvalue weighted by molar-refractivity contribution is 0.0255. The summed E-state index contributed by atoms with van der Waals surface area (Å²) in [7, 11) is 0. The Balaban J connectivity index is 1.64. The average Bonchev–Trinajstić information content (AvgIpc) is 2.88. The summed E-state index contributed by atoms with van der Waals surface area (Å²) in [5, 5.41) is 3.51. The van der Waals surface area contributed by atoms with Gasteiger partial charge in [-0.1, -0.05) is 6.92 Å². The molecule has 4 heteroatoms. The van der Waals surface area contributed by atoms with E-state index in [1.54, 1.807) is 0 Å². The minimum absolute atomic E-state index is 0.275. The van der Waals surface area contributed by atoms with Crippen molar-refractivity contribution < 1.29 is 14.2 Å². The predicted molar refractivity (Wildman–Crippen MR) is 77.4 cm³/mol. The SMILES string of the molecule is CCCNC1COc2cc(OC3CCOCC3)ccc21. The van der Waals surface area contributed by atoms with Crippen LogP contribution in [0.3, 0.4) is 0 Å². The van der Waals surface area contributed by atoms with Gasteiger partial charge in [0.2, 0.25) is 0 Å². The second kappa shape index (κ2) is 6.46. The van der Waals surface area contributed by atoms with Gasteiger partial charge in [-0.15, -0.1) is 0 Å². The van der Waals surface area contributed by atoms with E-state index in [-0.39, 0.29) is 6.10 Å². The molecule has 2 aliphatic heterocycles. The molecule has 0 amide bonds.